The lowest BCUT2D eigenvalue weighted by Crippen LogP contribution is -2.19. The first-order chi connectivity index (χ1) is 9.00. The highest BCUT2D eigenvalue weighted by Crippen LogP contribution is 2.31. The van der Waals surface area contributed by atoms with Gasteiger partial charge >= 0.3 is 0 Å². The summed E-state index contributed by atoms with van der Waals surface area (Å²) in [7, 11) is -3.07. The van der Waals surface area contributed by atoms with Crippen molar-refractivity contribution in [1.29, 1.82) is 0 Å². The molecule has 2 unspecified atom stereocenters. The van der Waals surface area contributed by atoms with Crippen molar-refractivity contribution in [2.24, 2.45) is 0 Å². The van der Waals surface area contributed by atoms with Gasteiger partial charge in [0.1, 0.15) is 0 Å². The number of aliphatic hydroxyl groups excluding tert-OH is 1. The molecule has 1 aliphatic rings. The summed E-state index contributed by atoms with van der Waals surface area (Å²) in [4.78, 5) is 1.01. The molecule has 6 heteroatoms. The molecule has 2 atom stereocenters. The van der Waals surface area contributed by atoms with Crippen LogP contribution >= 0.6 is 11.8 Å². The summed E-state index contributed by atoms with van der Waals surface area (Å²) in [6, 6.07) is 8.00. The third kappa shape index (κ3) is 4.21. The summed E-state index contributed by atoms with van der Waals surface area (Å²) >= 11 is 1.45. The minimum atomic E-state index is -3.07. The van der Waals surface area contributed by atoms with Crippen molar-refractivity contribution in [3.63, 3.8) is 0 Å². The molecule has 1 saturated heterocycles. The van der Waals surface area contributed by atoms with E-state index in [9.17, 15) is 13.5 Å². The Balaban J connectivity index is 2.03. The van der Waals surface area contributed by atoms with Gasteiger partial charge in [-0.2, -0.15) is 0 Å². The van der Waals surface area contributed by atoms with Crippen LogP contribution in [0.25, 0.3) is 0 Å². The summed E-state index contributed by atoms with van der Waals surface area (Å²) in [5.41, 5.74) is 1.17. The Hall–Kier alpha value is -0.560. The van der Waals surface area contributed by atoms with Crippen LogP contribution in [0.1, 0.15) is 12.5 Å². The van der Waals surface area contributed by atoms with Crippen LogP contribution in [-0.4, -0.2) is 42.9 Å². The summed E-state index contributed by atoms with van der Waals surface area (Å²) in [5.74, 6) is -0.0436. The first-order valence-corrected chi connectivity index (χ1v) is 9.05. The van der Waals surface area contributed by atoms with E-state index in [4.69, 9.17) is 0 Å². The quantitative estimate of drug-likeness (QED) is 0.851. The number of rotatable bonds is 5. The van der Waals surface area contributed by atoms with Gasteiger partial charge < -0.3 is 10.4 Å². The smallest absolute Gasteiger partial charge is 0.154 e. The lowest BCUT2D eigenvalue weighted by atomic mass is 10.2. The Kier molecular flexibility index (Phi) is 4.89. The van der Waals surface area contributed by atoms with Crippen LogP contribution in [0.4, 0.5) is 0 Å². The maximum atomic E-state index is 11.5. The second kappa shape index (κ2) is 6.26. The zero-order valence-corrected chi connectivity index (χ0v) is 12.5. The maximum absolute atomic E-state index is 11.5. The molecule has 1 heterocycles. The number of benzene rings is 1. The molecule has 2 rings (SSSR count). The maximum Gasteiger partial charge on any atom is 0.154 e. The van der Waals surface area contributed by atoms with Gasteiger partial charge in [0, 0.05) is 11.4 Å². The van der Waals surface area contributed by atoms with Crippen molar-refractivity contribution in [3.05, 3.63) is 29.8 Å². The van der Waals surface area contributed by atoms with E-state index in [1.807, 2.05) is 24.3 Å². The Morgan fingerprint density at radius 3 is 2.84 bits per heavy atom. The van der Waals surface area contributed by atoms with Crippen LogP contribution in [0.3, 0.4) is 0 Å². The van der Waals surface area contributed by atoms with Crippen LogP contribution < -0.4 is 5.32 Å². The molecule has 1 aromatic rings. The predicted octanol–water partition coefficient (Wildman–Crippen LogP) is 1.05. The van der Waals surface area contributed by atoms with Crippen LogP contribution in [0.15, 0.2) is 29.2 Å². The van der Waals surface area contributed by atoms with Gasteiger partial charge in [-0.1, -0.05) is 19.1 Å². The van der Waals surface area contributed by atoms with E-state index in [1.54, 1.807) is 0 Å². The topological polar surface area (TPSA) is 66.4 Å². The second-order valence-corrected chi connectivity index (χ2v) is 8.19. The monoisotopic (exact) mass is 301 g/mol. The van der Waals surface area contributed by atoms with E-state index >= 15 is 0 Å². The molecular weight excluding hydrogens is 282 g/mol. The van der Waals surface area contributed by atoms with Crippen molar-refractivity contribution in [2.75, 3.05) is 18.1 Å². The number of hydrogen-bond acceptors (Lipinski definition) is 5. The van der Waals surface area contributed by atoms with Gasteiger partial charge in [-0.25, -0.2) is 8.42 Å². The van der Waals surface area contributed by atoms with Crippen molar-refractivity contribution < 1.29 is 13.5 Å². The number of hydrogen-bond donors (Lipinski definition) is 2. The minimum absolute atomic E-state index is 0.0657. The van der Waals surface area contributed by atoms with E-state index in [-0.39, 0.29) is 16.8 Å². The fourth-order valence-corrected chi connectivity index (χ4v) is 5.69. The molecule has 2 N–H and O–H groups in total. The second-order valence-electron chi connectivity index (χ2n) is 4.73. The molecule has 0 bridgehead atoms. The molecule has 1 aromatic carbocycles. The van der Waals surface area contributed by atoms with E-state index in [2.05, 4.69) is 12.2 Å². The zero-order chi connectivity index (χ0) is 13.9. The van der Waals surface area contributed by atoms with Crippen molar-refractivity contribution >= 4 is 21.6 Å². The van der Waals surface area contributed by atoms with Crippen molar-refractivity contribution in [3.8, 4) is 0 Å². The minimum Gasteiger partial charge on any atom is -0.391 e. The van der Waals surface area contributed by atoms with Crippen LogP contribution in [0.2, 0.25) is 0 Å². The van der Waals surface area contributed by atoms with Gasteiger partial charge in [0.25, 0.3) is 0 Å². The Morgan fingerprint density at radius 1 is 1.42 bits per heavy atom. The fourth-order valence-electron chi connectivity index (χ4n) is 2.08. The SMILES string of the molecule is CCNCc1cccc(SC2CS(=O)(=O)CC2O)c1. The van der Waals surface area contributed by atoms with E-state index < -0.39 is 15.9 Å². The lowest BCUT2D eigenvalue weighted by Gasteiger charge is -2.13. The molecular formula is C13H19NO3S2. The van der Waals surface area contributed by atoms with Crippen molar-refractivity contribution in [2.45, 2.75) is 29.7 Å². The summed E-state index contributed by atoms with van der Waals surface area (Å²) in [5, 5.41) is 12.8. The normalized spacial score (nSPS) is 25.6. The van der Waals surface area contributed by atoms with Gasteiger partial charge in [-0.3, -0.25) is 0 Å². The number of aliphatic hydroxyl groups is 1. The molecule has 0 radical (unpaired) electrons. The van der Waals surface area contributed by atoms with Gasteiger partial charge in [-0.15, -0.1) is 11.8 Å². The fraction of sp³-hybridized carbons (Fsp3) is 0.538. The number of sulfone groups is 1. The molecule has 0 aromatic heterocycles. The summed E-state index contributed by atoms with van der Waals surface area (Å²) < 4.78 is 22.9. The molecule has 4 nitrogen and oxygen atoms in total. The van der Waals surface area contributed by atoms with Crippen molar-refractivity contribution in [1.82, 2.24) is 5.32 Å². The third-order valence-corrected chi connectivity index (χ3v) is 6.27. The number of thioether (sulfide) groups is 1. The van der Waals surface area contributed by atoms with Gasteiger partial charge in [0.05, 0.1) is 22.9 Å². The van der Waals surface area contributed by atoms with Gasteiger partial charge in [-0.05, 0) is 24.2 Å². The molecule has 0 spiro atoms. The summed E-state index contributed by atoms with van der Waals surface area (Å²) in [6.45, 7) is 3.77. The van der Waals surface area contributed by atoms with Crippen LogP contribution in [-0.2, 0) is 16.4 Å². The molecule has 0 aliphatic carbocycles. The molecule has 1 fully saturated rings. The highest BCUT2D eigenvalue weighted by molar-refractivity contribution is 8.02. The zero-order valence-electron chi connectivity index (χ0n) is 10.9. The molecule has 19 heavy (non-hydrogen) atoms. The molecule has 0 saturated carbocycles. The summed E-state index contributed by atoms with van der Waals surface area (Å²) in [6.07, 6.45) is -0.757. The standard InChI is InChI=1S/C13H19NO3S2/c1-2-14-7-10-4-3-5-11(6-10)18-13-9-19(16,17)8-12(13)15/h3-6,12-15H,2,7-9H2,1H3. The highest BCUT2D eigenvalue weighted by Gasteiger charge is 2.36. The molecule has 0 amide bonds. The Morgan fingerprint density at radius 2 is 2.21 bits per heavy atom. The van der Waals surface area contributed by atoms with Crippen LogP contribution in [0.5, 0.6) is 0 Å². The van der Waals surface area contributed by atoms with Crippen LogP contribution in [0, 0.1) is 0 Å². The highest BCUT2D eigenvalue weighted by atomic mass is 32.2. The average molecular weight is 301 g/mol. The number of nitrogens with one attached hydrogen (secondary N) is 1. The lowest BCUT2D eigenvalue weighted by molar-refractivity contribution is 0.207. The molecule has 106 valence electrons. The van der Waals surface area contributed by atoms with E-state index in [0.717, 1.165) is 18.0 Å². The predicted molar refractivity (Wildman–Crippen MR) is 78.1 cm³/mol. The Labute approximate surface area is 118 Å². The van der Waals surface area contributed by atoms with E-state index in [0.29, 0.717) is 0 Å². The van der Waals surface area contributed by atoms with E-state index in [1.165, 1.54) is 17.3 Å². The first-order valence-electron chi connectivity index (χ1n) is 6.35. The average Bonchev–Trinajstić information content (AvgIpc) is 2.60. The molecule has 1 aliphatic heterocycles. The van der Waals surface area contributed by atoms with Gasteiger partial charge in [0.15, 0.2) is 9.84 Å². The first kappa shape index (κ1) is 14.8. The Bertz CT molecular complexity index is 530. The third-order valence-electron chi connectivity index (χ3n) is 3.04. The largest absolute Gasteiger partial charge is 0.391 e. The van der Waals surface area contributed by atoms with Gasteiger partial charge in [0.2, 0.25) is 0 Å².